The molecule has 0 radical (unpaired) electrons. The van der Waals surface area contributed by atoms with Crippen molar-refractivity contribution in [2.24, 2.45) is 0 Å². The number of amides is 1. The molecule has 110 valence electrons. The summed E-state index contributed by atoms with van der Waals surface area (Å²) < 4.78 is 5.27. The smallest absolute Gasteiger partial charge is 0.239 e. The zero-order valence-electron chi connectivity index (χ0n) is 12.4. The van der Waals surface area contributed by atoms with Gasteiger partial charge >= 0.3 is 0 Å². The average Bonchev–Trinajstić information content (AvgIpc) is 2.47. The van der Waals surface area contributed by atoms with Crippen LogP contribution in [0.3, 0.4) is 0 Å². The predicted molar refractivity (Wildman–Crippen MR) is 79.7 cm³/mol. The fourth-order valence-corrected chi connectivity index (χ4v) is 2.45. The third-order valence-corrected chi connectivity index (χ3v) is 3.64. The fourth-order valence-electron chi connectivity index (χ4n) is 2.45. The van der Waals surface area contributed by atoms with E-state index in [2.05, 4.69) is 36.5 Å². The van der Waals surface area contributed by atoms with Gasteiger partial charge in [0.05, 0.1) is 19.3 Å². The Kier molecular flexibility index (Phi) is 5.56. The van der Waals surface area contributed by atoms with Gasteiger partial charge in [0.1, 0.15) is 0 Å². The summed E-state index contributed by atoms with van der Waals surface area (Å²) in [7, 11) is 0. The molecule has 1 aromatic carbocycles. The topological polar surface area (TPSA) is 41.6 Å². The van der Waals surface area contributed by atoms with E-state index in [1.165, 1.54) is 11.1 Å². The molecule has 0 spiro atoms. The Morgan fingerprint density at radius 2 is 2.15 bits per heavy atom. The van der Waals surface area contributed by atoms with Gasteiger partial charge in [-0.05, 0) is 32.4 Å². The van der Waals surface area contributed by atoms with E-state index >= 15 is 0 Å². The molecule has 0 saturated carbocycles. The first-order valence-electron chi connectivity index (χ1n) is 7.32. The third kappa shape index (κ3) is 4.32. The molecular formula is C16H24N2O2. The highest BCUT2D eigenvalue weighted by Gasteiger charge is 2.21. The molecule has 1 fully saturated rings. The zero-order valence-corrected chi connectivity index (χ0v) is 12.4. The van der Waals surface area contributed by atoms with Crippen molar-refractivity contribution in [3.8, 4) is 0 Å². The van der Waals surface area contributed by atoms with E-state index in [9.17, 15) is 4.79 Å². The molecule has 1 amide bonds. The van der Waals surface area contributed by atoms with E-state index in [0.717, 1.165) is 13.0 Å². The number of hydrogen-bond donors (Lipinski definition) is 1. The van der Waals surface area contributed by atoms with Crippen molar-refractivity contribution in [3.05, 3.63) is 35.4 Å². The van der Waals surface area contributed by atoms with E-state index in [0.29, 0.717) is 26.3 Å². The molecule has 1 aromatic rings. The van der Waals surface area contributed by atoms with Gasteiger partial charge in [0.15, 0.2) is 0 Å². The van der Waals surface area contributed by atoms with E-state index < -0.39 is 0 Å². The second kappa shape index (κ2) is 7.41. The van der Waals surface area contributed by atoms with Gasteiger partial charge < -0.3 is 15.0 Å². The van der Waals surface area contributed by atoms with E-state index in [-0.39, 0.29) is 11.9 Å². The van der Waals surface area contributed by atoms with E-state index in [1.54, 1.807) is 0 Å². The highest BCUT2D eigenvalue weighted by atomic mass is 16.5. The molecule has 0 aromatic heterocycles. The molecule has 1 aliphatic rings. The summed E-state index contributed by atoms with van der Waals surface area (Å²) in [6.45, 7) is 7.59. The minimum atomic E-state index is -0.127. The number of benzene rings is 1. The van der Waals surface area contributed by atoms with Crippen LogP contribution in [0.2, 0.25) is 0 Å². The average molecular weight is 276 g/mol. The molecule has 2 rings (SSSR count). The second-order valence-corrected chi connectivity index (χ2v) is 5.35. The Bertz CT molecular complexity index is 442. The van der Waals surface area contributed by atoms with Crippen molar-refractivity contribution in [1.82, 2.24) is 10.2 Å². The first-order valence-corrected chi connectivity index (χ1v) is 7.32. The van der Waals surface area contributed by atoms with Crippen molar-refractivity contribution >= 4 is 5.91 Å². The lowest BCUT2D eigenvalue weighted by molar-refractivity contribution is -0.137. The minimum Gasteiger partial charge on any atom is -0.378 e. The van der Waals surface area contributed by atoms with Gasteiger partial charge in [-0.15, -0.1) is 0 Å². The Hall–Kier alpha value is -1.39. The summed E-state index contributed by atoms with van der Waals surface area (Å²) in [5.74, 6) is 0.178. The summed E-state index contributed by atoms with van der Waals surface area (Å²) >= 11 is 0. The fraction of sp³-hybridized carbons (Fsp3) is 0.562. The van der Waals surface area contributed by atoms with Crippen LogP contribution in [-0.4, -0.2) is 49.7 Å². The SMILES string of the molecule is Cc1cccc(CCNC(C)C(=O)N2CCOCC2)c1. The second-order valence-electron chi connectivity index (χ2n) is 5.35. The number of morpholine rings is 1. The van der Waals surface area contributed by atoms with Crippen molar-refractivity contribution < 1.29 is 9.53 Å². The Morgan fingerprint density at radius 1 is 1.40 bits per heavy atom. The summed E-state index contributed by atoms with van der Waals surface area (Å²) in [6.07, 6.45) is 0.947. The van der Waals surface area contributed by atoms with Gasteiger partial charge in [-0.1, -0.05) is 29.8 Å². The van der Waals surface area contributed by atoms with Crippen molar-refractivity contribution in [2.45, 2.75) is 26.3 Å². The quantitative estimate of drug-likeness (QED) is 0.883. The number of nitrogens with one attached hydrogen (secondary N) is 1. The Labute approximate surface area is 121 Å². The Balaban J connectivity index is 1.74. The lowest BCUT2D eigenvalue weighted by atomic mass is 10.1. The maximum absolute atomic E-state index is 12.2. The summed E-state index contributed by atoms with van der Waals surface area (Å²) in [4.78, 5) is 14.1. The lowest BCUT2D eigenvalue weighted by Crippen LogP contribution is -2.49. The lowest BCUT2D eigenvalue weighted by Gasteiger charge is -2.29. The molecule has 20 heavy (non-hydrogen) atoms. The molecule has 1 heterocycles. The minimum absolute atomic E-state index is 0.127. The highest BCUT2D eigenvalue weighted by molar-refractivity contribution is 5.81. The molecule has 1 aliphatic heterocycles. The predicted octanol–water partition coefficient (Wildman–Crippen LogP) is 1.37. The monoisotopic (exact) mass is 276 g/mol. The highest BCUT2D eigenvalue weighted by Crippen LogP contribution is 2.05. The maximum atomic E-state index is 12.2. The van der Waals surface area contributed by atoms with Crippen molar-refractivity contribution in [2.75, 3.05) is 32.8 Å². The van der Waals surface area contributed by atoms with Crippen LogP contribution in [0.15, 0.2) is 24.3 Å². The van der Waals surface area contributed by atoms with E-state index in [4.69, 9.17) is 4.74 Å². The standard InChI is InChI=1S/C16H24N2O2/c1-13-4-3-5-15(12-13)6-7-17-14(2)16(19)18-8-10-20-11-9-18/h3-5,12,14,17H,6-11H2,1-2H3. The van der Waals surface area contributed by atoms with Crippen LogP contribution < -0.4 is 5.32 Å². The van der Waals surface area contributed by atoms with Gasteiger partial charge in [0.2, 0.25) is 5.91 Å². The third-order valence-electron chi connectivity index (χ3n) is 3.64. The van der Waals surface area contributed by atoms with Crippen LogP contribution in [0.4, 0.5) is 0 Å². The Morgan fingerprint density at radius 3 is 2.85 bits per heavy atom. The summed E-state index contributed by atoms with van der Waals surface area (Å²) in [5.41, 5.74) is 2.59. The van der Waals surface area contributed by atoms with E-state index in [1.807, 2.05) is 11.8 Å². The molecule has 4 nitrogen and oxygen atoms in total. The number of carbonyl (C=O) groups is 1. The first kappa shape index (κ1) is 15.0. The zero-order chi connectivity index (χ0) is 14.4. The molecule has 1 saturated heterocycles. The van der Waals surface area contributed by atoms with Gasteiger partial charge in [-0.2, -0.15) is 0 Å². The molecule has 0 bridgehead atoms. The molecular weight excluding hydrogens is 252 g/mol. The first-order chi connectivity index (χ1) is 9.66. The van der Waals surface area contributed by atoms with Gasteiger partial charge in [-0.25, -0.2) is 0 Å². The number of ether oxygens (including phenoxy) is 1. The van der Waals surface area contributed by atoms with Crippen LogP contribution in [0.5, 0.6) is 0 Å². The van der Waals surface area contributed by atoms with Crippen molar-refractivity contribution in [3.63, 3.8) is 0 Å². The van der Waals surface area contributed by atoms with Crippen LogP contribution >= 0.6 is 0 Å². The molecule has 0 aliphatic carbocycles. The van der Waals surface area contributed by atoms with Crippen LogP contribution in [-0.2, 0) is 16.0 Å². The molecule has 1 atom stereocenters. The number of rotatable bonds is 5. The molecule has 1 N–H and O–H groups in total. The summed E-state index contributed by atoms with van der Waals surface area (Å²) in [6, 6.07) is 8.37. The normalized spacial score (nSPS) is 17.0. The maximum Gasteiger partial charge on any atom is 0.239 e. The van der Waals surface area contributed by atoms with Crippen LogP contribution in [0.1, 0.15) is 18.1 Å². The number of hydrogen-bond acceptors (Lipinski definition) is 3. The number of nitrogens with zero attached hydrogens (tertiary/aromatic N) is 1. The largest absolute Gasteiger partial charge is 0.378 e. The van der Waals surface area contributed by atoms with Crippen LogP contribution in [0, 0.1) is 6.92 Å². The van der Waals surface area contributed by atoms with Gasteiger partial charge in [0.25, 0.3) is 0 Å². The molecule has 4 heteroatoms. The number of aryl methyl sites for hydroxylation is 1. The summed E-state index contributed by atoms with van der Waals surface area (Å²) in [5, 5.41) is 3.32. The van der Waals surface area contributed by atoms with Gasteiger partial charge in [-0.3, -0.25) is 4.79 Å². The van der Waals surface area contributed by atoms with Gasteiger partial charge in [0, 0.05) is 13.1 Å². The molecule has 1 unspecified atom stereocenters. The number of carbonyl (C=O) groups excluding carboxylic acids is 1. The van der Waals surface area contributed by atoms with Crippen LogP contribution in [0.25, 0.3) is 0 Å². The van der Waals surface area contributed by atoms with Crippen molar-refractivity contribution in [1.29, 1.82) is 0 Å².